The fourth-order valence-electron chi connectivity index (χ4n) is 2.85. The van der Waals surface area contributed by atoms with Crippen LogP contribution in [-0.4, -0.2) is 29.1 Å². The van der Waals surface area contributed by atoms with E-state index in [2.05, 4.69) is 14.9 Å². The third-order valence-corrected chi connectivity index (χ3v) is 4.03. The third-order valence-electron chi connectivity index (χ3n) is 4.03. The van der Waals surface area contributed by atoms with Gasteiger partial charge in [-0.15, -0.1) is 0 Å². The number of benzene rings is 1. The monoisotopic (exact) mass is 286 g/mol. The molecule has 1 fully saturated rings. The average molecular weight is 286 g/mol. The molecular formula is C16H19FN4. The molecule has 5 heteroatoms. The minimum Gasteiger partial charge on any atom is -0.337 e. The summed E-state index contributed by atoms with van der Waals surface area (Å²) in [6, 6.07) is 6.74. The second-order valence-electron chi connectivity index (χ2n) is 5.40. The highest BCUT2D eigenvalue weighted by atomic mass is 19.1. The molecule has 1 aromatic carbocycles. The van der Waals surface area contributed by atoms with E-state index in [1.54, 1.807) is 12.1 Å². The zero-order valence-electron chi connectivity index (χ0n) is 12.1. The van der Waals surface area contributed by atoms with Crippen LogP contribution in [0.1, 0.15) is 18.5 Å². The summed E-state index contributed by atoms with van der Waals surface area (Å²) >= 11 is 0. The molecule has 0 spiro atoms. The molecule has 0 saturated carbocycles. The Morgan fingerprint density at radius 3 is 2.76 bits per heavy atom. The predicted octanol–water partition coefficient (Wildman–Crippen LogP) is 2.52. The van der Waals surface area contributed by atoms with Gasteiger partial charge in [0.2, 0.25) is 5.95 Å². The van der Waals surface area contributed by atoms with Crippen molar-refractivity contribution in [3.8, 4) is 11.1 Å². The Bertz CT molecular complexity index is 627. The van der Waals surface area contributed by atoms with Crippen molar-refractivity contribution in [2.75, 3.05) is 18.0 Å². The van der Waals surface area contributed by atoms with E-state index in [1.165, 1.54) is 12.1 Å². The molecule has 1 aliphatic heterocycles. The lowest BCUT2D eigenvalue weighted by Gasteiger charge is -2.23. The van der Waals surface area contributed by atoms with Crippen LogP contribution in [0.15, 0.2) is 30.5 Å². The maximum Gasteiger partial charge on any atom is 0.225 e. The van der Waals surface area contributed by atoms with Crippen LogP contribution in [0.5, 0.6) is 0 Å². The zero-order chi connectivity index (χ0) is 14.8. The summed E-state index contributed by atoms with van der Waals surface area (Å²) in [5.74, 6) is 0.503. The molecule has 1 aromatic heterocycles. The van der Waals surface area contributed by atoms with Crippen LogP contribution in [0.25, 0.3) is 11.1 Å². The second kappa shape index (κ2) is 5.77. The standard InChI is InChI=1S/C16H19FN4/c1-11-15(12-4-6-13(17)7-5-12)10-19-16(20-11)21-8-2-3-14(21)9-18/h4-7,10,14H,2-3,8-9,18H2,1H3. The summed E-state index contributed by atoms with van der Waals surface area (Å²) in [7, 11) is 0. The summed E-state index contributed by atoms with van der Waals surface area (Å²) in [5.41, 5.74) is 8.56. The molecule has 0 aliphatic carbocycles. The van der Waals surface area contributed by atoms with Gasteiger partial charge in [-0.3, -0.25) is 0 Å². The van der Waals surface area contributed by atoms with Crippen molar-refractivity contribution < 1.29 is 4.39 Å². The first-order valence-corrected chi connectivity index (χ1v) is 7.25. The molecular weight excluding hydrogens is 267 g/mol. The second-order valence-corrected chi connectivity index (χ2v) is 5.40. The summed E-state index contributed by atoms with van der Waals surface area (Å²) in [6.07, 6.45) is 4.04. The van der Waals surface area contributed by atoms with Crippen molar-refractivity contribution in [2.45, 2.75) is 25.8 Å². The van der Waals surface area contributed by atoms with Gasteiger partial charge in [-0.25, -0.2) is 14.4 Å². The lowest BCUT2D eigenvalue weighted by molar-refractivity contribution is 0.628. The van der Waals surface area contributed by atoms with Crippen molar-refractivity contribution in [1.82, 2.24) is 9.97 Å². The Morgan fingerprint density at radius 1 is 1.33 bits per heavy atom. The van der Waals surface area contributed by atoms with Gasteiger partial charge in [0.15, 0.2) is 0 Å². The molecule has 0 radical (unpaired) electrons. The van der Waals surface area contributed by atoms with Crippen LogP contribution in [0.3, 0.4) is 0 Å². The van der Waals surface area contributed by atoms with Crippen LogP contribution in [0, 0.1) is 12.7 Å². The highest BCUT2D eigenvalue weighted by Crippen LogP contribution is 2.26. The lowest BCUT2D eigenvalue weighted by atomic mass is 10.1. The first-order valence-electron chi connectivity index (χ1n) is 7.25. The number of nitrogens with two attached hydrogens (primary N) is 1. The summed E-state index contributed by atoms with van der Waals surface area (Å²) in [6.45, 7) is 3.54. The largest absolute Gasteiger partial charge is 0.337 e. The Labute approximate surface area is 123 Å². The quantitative estimate of drug-likeness (QED) is 0.942. The van der Waals surface area contributed by atoms with Gasteiger partial charge in [0.1, 0.15) is 5.82 Å². The Hall–Kier alpha value is -2.01. The first-order chi connectivity index (χ1) is 10.2. The minimum atomic E-state index is -0.239. The van der Waals surface area contributed by atoms with E-state index in [0.717, 1.165) is 42.2 Å². The third kappa shape index (κ3) is 2.74. The maximum absolute atomic E-state index is 13.0. The zero-order valence-corrected chi connectivity index (χ0v) is 12.1. The summed E-state index contributed by atoms with van der Waals surface area (Å²) < 4.78 is 13.0. The predicted molar refractivity (Wildman–Crippen MR) is 81.6 cm³/mol. The average Bonchev–Trinajstić information content (AvgIpc) is 2.97. The number of aromatic nitrogens is 2. The molecule has 4 nitrogen and oxygen atoms in total. The highest BCUT2D eigenvalue weighted by Gasteiger charge is 2.25. The molecule has 1 unspecified atom stereocenters. The van der Waals surface area contributed by atoms with E-state index in [1.807, 2.05) is 13.1 Å². The van der Waals surface area contributed by atoms with Gasteiger partial charge < -0.3 is 10.6 Å². The summed E-state index contributed by atoms with van der Waals surface area (Å²) in [4.78, 5) is 11.3. The molecule has 0 amide bonds. The molecule has 2 N–H and O–H groups in total. The number of hydrogen-bond donors (Lipinski definition) is 1. The maximum atomic E-state index is 13.0. The van der Waals surface area contributed by atoms with E-state index < -0.39 is 0 Å². The molecule has 2 aromatic rings. The number of halogens is 1. The Kier molecular flexibility index (Phi) is 3.84. The molecule has 110 valence electrons. The van der Waals surface area contributed by atoms with Crippen LogP contribution >= 0.6 is 0 Å². The highest BCUT2D eigenvalue weighted by molar-refractivity contribution is 5.65. The van der Waals surface area contributed by atoms with E-state index in [0.29, 0.717) is 12.6 Å². The molecule has 0 bridgehead atoms. The number of anilines is 1. The van der Waals surface area contributed by atoms with E-state index in [-0.39, 0.29) is 5.82 Å². The van der Waals surface area contributed by atoms with Crippen LogP contribution in [0.2, 0.25) is 0 Å². The van der Waals surface area contributed by atoms with Gasteiger partial charge in [-0.05, 0) is 37.5 Å². The topological polar surface area (TPSA) is 55.0 Å². The molecule has 2 heterocycles. The van der Waals surface area contributed by atoms with Gasteiger partial charge in [0.25, 0.3) is 0 Å². The Morgan fingerprint density at radius 2 is 2.10 bits per heavy atom. The lowest BCUT2D eigenvalue weighted by Crippen LogP contribution is -2.36. The number of aryl methyl sites for hydroxylation is 1. The molecule has 1 atom stereocenters. The van der Waals surface area contributed by atoms with Crippen molar-refractivity contribution in [1.29, 1.82) is 0 Å². The van der Waals surface area contributed by atoms with E-state index in [9.17, 15) is 4.39 Å². The van der Waals surface area contributed by atoms with Crippen molar-refractivity contribution in [3.05, 3.63) is 42.0 Å². The molecule has 1 saturated heterocycles. The van der Waals surface area contributed by atoms with Gasteiger partial charge in [-0.1, -0.05) is 12.1 Å². The summed E-state index contributed by atoms with van der Waals surface area (Å²) in [5, 5.41) is 0. The minimum absolute atomic E-state index is 0.239. The van der Waals surface area contributed by atoms with Crippen LogP contribution in [-0.2, 0) is 0 Å². The fraction of sp³-hybridized carbons (Fsp3) is 0.375. The van der Waals surface area contributed by atoms with Gasteiger partial charge >= 0.3 is 0 Å². The number of hydrogen-bond acceptors (Lipinski definition) is 4. The van der Waals surface area contributed by atoms with Gasteiger partial charge in [0.05, 0.1) is 5.69 Å². The normalized spacial score (nSPS) is 18.2. The van der Waals surface area contributed by atoms with Crippen LogP contribution < -0.4 is 10.6 Å². The van der Waals surface area contributed by atoms with Crippen molar-refractivity contribution >= 4 is 5.95 Å². The van der Waals surface area contributed by atoms with E-state index >= 15 is 0 Å². The number of nitrogens with zero attached hydrogens (tertiary/aromatic N) is 3. The van der Waals surface area contributed by atoms with E-state index in [4.69, 9.17) is 5.73 Å². The Balaban J connectivity index is 1.91. The van der Waals surface area contributed by atoms with Crippen molar-refractivity contribution in [2.24, 2.45) is 5.73 Å². The molecule has 21 heavy (non-hydrogen) atoms. The fourth-order valence-corrected chi connectivity index (χ4v) is 2.85. The smallest absolute Gasteiger partial charge is 0.225 e. The van der Waals surface area contributed by atoms with Crippen LogP contribution in [0.4, 0.5) is 10.3 Å². The molecule has 1 aliphatic rings. The van der Waals surface area contributed by atoms with Crippen molar-refractivity contribution in [3.63, 3.8) is 0 Å². The van der Waals surface area contributed by atoms with Gasteiger partial charge in [0, 0.05) is 30.9 Å². The number of rotatable bonds is 3. The first kappa shape index (κ1) is 13.9. The molecule has 3 rings (SSSR count). The SMILES string of the molecule is Cc1nc(N2CCCC2CN)ncc1-c1ccc(F)cc1. The van der Waals surface area contributed by atoms with Gasteiger partial charge in [-0.2, -0.15) is 0 Å².